The number of nitrogens with zero attached hydrogens (tertiary/aromatic N) is 3. The Balaban J connectivity index is 1.53. The highest BCUT2D eigenvalue weighted by Gasteiger charge is 2.32. The normalized spacial score (nSPS) is 15.6. The highest BCUT2D eigenvalue weighted by Crippen LogP contribution is 2.27. The summed E-state index contributed by atoms with van der Waals surface area (Å²) in [6, 6.07) is 17.5. The first-order valence-electron chi connectivity index (χ1n) is 14.4. The molecule has 1 aliphatic heterocycles. The molecule has 10 heteroatoms. The number of nitrogens with two attached hydrogens (primary N) is 1. The number of anilines is 1. The summed E-state index contributed by atoms with van der Waals surface area (Å²) in [5.41, 5.74) is 6.56. The number of imidazole rings is 1. The number of rotatable bonds is 11. The lowest BCUT2D eigenvalue weighted by Gasteiger charge is -2.33. The van der Waals surface area contributed by atoms with E-state index >= 15 is 0 Å². The van der Waals surface area contributed by atoms with Gasteiger partial charge < -0.3 is 30.6 Å². The molecular formula is C32H42N6O4. The average Bonchev–Trinajstić information content (AvgIpc) is 3.32. The number of hydrogen-bond acceptors (Lipinski definition) is 6. The Hall–Kier alpha value is -4.02. The lowest BCUT2D eigenvalue weighted by molar-refractivity contribution is -0.135. The van der Waals surface area contributed by atoms with Crippen molar-refractivity contribution in [3.63, 3.8) is 0 Å². The van der Waals surface area contributed by atoms with E-state index in [4.69, 9.17) is 10.5 Å². The van der Waals surface area contributed by atoms with Gasteiger partial charge in [0.05, 0.1) is 18.8 Å². The predicted molar refractivity (Wildman–Crippen MR) is 161 cm³/mol. The molecule has 0 spiro atoms. The quantitative estimate of drug-likeness (QED) is 0.322. The van der Waals surface area contributed by atoms with Gasteiger partial charge in [-0.2, -0.15) is 0 Å². The standard InChI is InChI=1S/C32H42N6O4/c1-22-15-17-37(18-16-22)30(40)28(25-13-9-6-10-14-25)38-19-27(34-23(38)2)36-29(39)26(35-31(41)32(3,4)33)21-42-20-24-11-7-5-8-12-24/h5-14,19,22,26,28H,15-18,20-21,33H2,1-4H3,(H,35,41)(H,36,39)/t26-,28?/m1/s1. The first-order valence-corrected chi connectivity index (χ1v) is 14.4. The third-order valence-electron chi connectivity index (χ3n) is 7.49. The molecule has 0 bridgehead atoms. The molecule has 4 rings (SSSR count). The Bertz CT molecular complexity index is 1340. The number of hydrogen-bond donors (Lipinski definition) is 3. The molecule has 1 aliphatic rings. The number of aryl methyl sites for hydroxylation is 1. The van der Waals surface area contributed by atoms with Crippen LogP contribution in [0.4, 0.5) is 5.82 Å². The van der Waals surface area contributed by atoms with Crippen LogP contribution in [-0.2, 0) is 25.7 Å². The Labute approximate surface area is 247 Å². The van der Waals surface area contributed by atoms with Crippen molar-refractivity contribution in [1.29, 1.82) is 0 Å². The Morgan fingerprint density at radius 3 is 2.29 bits per heavy atom. The molecular weight excluding hydrogens is 532 g/mol. The van der Waals surface area contributed by atoms with Crippen LogP contribution in [0.1, 0.15) is 56.6 Å². The first-order chi connectivity index (χ1) is 20.0. The minimum absolute atomic E-state index is 0.00361. The van der Waals surface area contributed by atoms with Crippen LogP contribution in [0.2, 0.25) is 0 Å². The van der Waals surface area contributed by atoms with Crippen molar-refractivity contribution in [2.24, 2.45) is 11.7 Å². The number of carbonyl (C=O) groups excluding carboxylic acids is 3. The lowest BCUT2D eigenvalue weighted by atomic mass is 9.97. The summed E-state index contributed by atoms with van der Waals surface area (Å²) >= 11 is 0. The van der Waals surface area contributed by atoms with Crippen LogP contribution in [0.15, 0.2) is 66.9 Å². The average molecular weight is 575 g/mol. The number of aromatic nitrogens is 2. The lowest BCUT2D eigenvalue weighted by Crippen LogP contribution is -2.56. The van der Waals surface area contributed by atoms with Crippen molar-refractivity contribution in [3.05, 3.63) is 83.8 Å². The molecule has 224 valence electrons. The molecule has 2 heterocycles. The van der Waals surface area contributed by atoms with Crippen molar-refractivity contribution < 1.29 is 19.1 Å². The number of piperidine rings is 1. The SMILES string of the molecule is Cc1nc(NC(=O)[C@@H](COCc2ccccc2)NC(=O)C(C)(C)N)cn1C(C(=O)N1CCC(C)CC1)c1ccccc1. The maximum Gasteiger partial charge on any atom is 0.250 e. The van der Waals surface area contributed by atoms with Crippen LogP contribution in [-0.4, -0.2) is 63.4 Å². The predicted octanol–water partition coefficient (Wildman–Crippen LogP) is 3.42. The van der Waals surface area contributed by atoms with E-state index in [9.17, 15) is 14.4 Å². The van der Waals surface area contributed by atoms with Crippen LogP contribution >= 0.6 is 0 Å². The fourth-order valence-electron chi connectivity index (χ4n) is 4.88. The van der Waals surface area contributed by atoms with E-state index in [0.717, 1.165) is 24.0 Å². The van der Waals surface area contributed by atoms with Gasteiger partial charge in [0.15, 0.2) is 5.82 Å². The van der Waals surface area contributed by atoms with Crippen LogP contribution in [0, 0.1) is 12.8 Å². The minimum atomic E-state index is -1.19. The molecule has 2 atom stereocenters. The van der Waals surface area contributed by atoms with Crippen molar-refractivity contribution in [1.82, 2.24) is 19.8 Å². The molecule has 1 aromatic heterocycles. The maximum atomic E-state index is 13.9. The smallest absolute Gasteiger partial charge is 0.250 e. The van der Waals surface area contributed by atoms with E-state index < -0.39 is 29.4 Å². The highest BCUT2D eigenvalue weighted by molar-refractivity contribution is 5.98. The van der Waals surface area contributed by atoms with Crippen LogP contribution < -0.4 is 16.4 Å². The zero-order valence-electron chi connectivity index (χ0n) is 24.9. The van der Waals surface area contributed by atoms with Gasteiger partial charge in [0.1, 0.15) is 17.9 Å². The second-order valence-electron chi connectivity index (χ2n) is 11.6. The zero-order valence-corrected chi connectivity index (χ0v) is 24.9. The fourth-order valence-corrected chi connectivity index (χ4v) is 4.88. The molecule has 42 heavy (non-hydrogen) atoms. The van der Waals surface area contributed by atoms with Gasteiger partial charge in [-0.3, -0.25) is 14.4 Å². The molecule has 4 N–H and O–H groups in total. The number of amides is 3. The molecule has 1 fully saturated rings. The molecule has 0 radical (unpaired) electrons. The van der Waals surface area contributed by atoms with E-state index in [1.54, 1.807) is 31.5 Å². The molecule has 10 nitrogen and oxygen atoms in total. The van der Waals surface area contributed by atoms with Gasteiger partial charge in [-0.15, -0.1) is 0 Å². The number of benzene rings is 2. The van der Waals surface area contributed by atoms with Gasteiger partial charge in [-0.1, -0.05) is 67.6 Å². The Morgan fingerprint density at radius 2 is 1.67 bits per heavy atom. The largest absolute Gasteiger partial charge is 0.374 e. The number of ether oxygens (including phenoxy) is 1. The van der Waals surface area contributed by atoms with Gasteiger partial charge in [-0.05, 0) is 50.7 Å². The van der Waals surface area contributed by atoms with E-state index in [1.165, 1.54) is 0 Å². The molecule has 1 saturated heterocycles. The summed E-state index contributed by atoms with van der Waals surface area (Å²) in [4.78, 5) is 46.4. The van der Waals surface area contributed by atoms with Crippen molar-refractivity contribution in [2.45, 2.75) is 64.8 Å². The van der Waals surface area contributed by atoms with Crippen molar-refractivity contribution in [3.8, 4) is 0 Å². The first kappa shape index (κ1) is 30.9. The maximum absolute atomic E-state index is 13.9. The summed E-state index contributed by atoms with van der Waals surface area (Å²) in [5.74, 6) is 0.443. The van der Waals surface area contributed by atoms with Crippen LogP contribution in [0.3, 0.4) is 0 Å². The second-order valence-corrected chi connectivity index (χ2v) is 11.6. The molecule has 3 amide bonds. The molecule has 0 aliphatic carbocycles. The summed E-state index contributed by atoms with van der Waals surface area (Å²) in [5, 5.41) is 5.51. The number of likely N-dealkylation sites (tertiary alicyclic amines) is 1. The summed E-state index contributed by atoms with van der Waals surface area (Å²) < 4.78 is 7.59. The topological polar surface area (TPSA) is 132 Å². The third-order valence-corrected chi connectivity index (χ3v) is 7.49. The highest BCUT2D eigenvalue weighted by atomic mass is 16.5. The number of carbonyl (C=O) groups is 3. The van der Waals surface area contributed by atoms with Gasteiger partial charge >= 0.3 is 0 Å². The van der Waals surface area contributed by atoms with Gasteiger partial charge in [0, 0.05) is 19.3 Å². The summed E-state index contributed by atoms with van der Waals surface area (Å²) in [6.45, 7) is 8.77. The van der Waals surface area contributed by atoms with Crippen LogP contribution in [0.25, 0.3) is 0 Å². The summed E-state index contributed by atoms with van der Waals surface area (Å²) in [7, 11) is 0. The van der Waals surface area contributed by atoms with E-state index in [1.807, 2.05) is 65.6 Å². The monoisotopic (exact) mass is 574 g/mol. The van der Waals surface area contributed by atoms with Crippen molar-refractivity contribution >= 4 is 23.5 Å². The van der Waals surface area contributed by atoms with Crippen LogP contribution in [0.5, 0.6) is 0 Å². The van der Waals surface area contributed by atoms with E-state index in [0.29, 0.717) is 24.8 Å². The van der Waals surface area contributed by atoms with Gasteiger partial charge in [0.25, 0.3) is 5.91 Å². The van der Waals surface area contributed by atoms with E-state index in [-0.39, 0.29) is 24.9 Å². The minimum Gasteiger partial charge on any atom is -0.374 e. The molecule has 3 aromatic rings. The fraction of sp³-hybridized carbons (Fsp3) is 0.438. The van der Waals surface area contributed by atoms with Crippen molar-refractivity contribution in [2.75, 3.05) is 25.0 Å². The molecule has 0 saturated carbocycles. The Morgan fingerprint density at radius 1 is 1.05 bits per heavy atom. The zero-order chi connectivity index (χ0) is 30.3. The summed E-state index contributed by atoms with van der Waals surface area (Å²) in [6.07, 6.45) is 3.61. The second kappa shape index (κ2) is 13.8. The number of nitrogens with one attached hydrogen (secondary N) is 2. The van der Waals surface area contributed by atoms with E-state index in [2.05, 4.69) is 22.5 Å². The van der Waals surface area contributed by atoms with Gasteiger partial charge in [0.2, 0.25) is 11.8 Å². The third kappa shape index (κ3) is 8.04. The molecule has 1 unspecified atom stereocenters. The van der Waals surface area contributed by atoms with Gasteiger partial charge in [-0.25, -0.2) is 4.98 Å². The Kier molecular flexibility index (Phi) is 10.1. The molecule has 2 aromatic carbocycles.